The summed E-state index contributed by atoms with van der Waals surface area (Å²) in [6.45, 7) is 4.03. The van der Waals surface area contributed by atoms with Crippen LogP contribution in [0.2, 0.25) is 0 Å². The number of imide groups is 3. The molecule has 0 aromatic carbocycles. The van der Waals surface area contributed by atoms with Gasteiger partial charge in [0.05, 0.1) is 6.61 Å². The Labute approximate surface area is 210 Å². The third-order valence-corrected chi connectivity index (χ3v) is 8.33. The lowest BCUT2D eigenvalue weighted by atomic mass is 9.51. The van der Waals surface area contributed by atoms with Gasteiger partial charge in [-0.2, -0.15) is 0 Å². The lowest BCUT2D eigenvalue weighted by Gasteiger charge is -2.59. The van der Waals surface area contributed by atoms with Crippen LogP contribution < -0.4 is 11.5 Å². The molecular weight excluding hydrogens is 468 g/mol. The number of carbonyl (C=O) groups excluding carboxylic acids is 5. The predicted octanol–water partition coefficient (Wildman–Crippen LogP) is 0.444. The lowest BCUT2D eigenvalue weighted by Crippen LogP contribution is -2.66. The first-order valence-electron chi connectivity index (χ1n) is 12.8. The van der Waals surface area contributed by atoms with Crippen LogP contribution >= 0.6 is 0 Å². The summed E-state index contributed by atoms with van der Waals surface area (Å²) in [5.74, 6) is -2.12. The normalized spacial score (nSPS) is 30.8. The van der Waals surface area contributed by atoms with E-state index in [2.05, 4.69) is 0 Å². The fourth-order valence-corrected chi connectivity index (χ4v) is 6.56. The Morgan fingerprint density at radius 2 is 1.58 bits per heavy atom. The van der Waals surface area contributed by atoms with Crippen molar-refractivity contribution in [3.8, 4) is 0 Å². The maximum atomic E-state index is 13.2. The molecule has 0 unspecified atom stereocenters. The molecule has 12 heteroatoms. The number of aliphatic hydroxyl groups excluding tert-OH is 1. The SMILES string of the molecule is CCCCN1C(=O)C(=C(N)N)C(=O)N(C2CCC3(CC2)CC2(C3)C(=O)N(CC)C(=O)N2CCO)C1=O. The number of amides is 7. The molecule has 0 bridgehead atoms. The second kappa shape index (κ2) is 9.38. The van der Waals surface area contributed by atoms with E-state index >= 15 is 0 Å². The maximum Gasteiger partial charge on any atom is 0.334 e. The number of β-amino-alcohol motifs (C(OH)–C–C–N with tert-alkyl or cyclic N) is 1. The number of nitrogens with zero attached hydrogens (tertiary/aromatic N) is 4. The van der Waals surface area contributed by atoms with Crippen LogP contribution in [0.4, 0.5) is 9.59 Å². The van der Waals surface area contributed by atoms with Crippen LogP contribution in [-0.4, -0.2) is 92.3 Å². The summed E-state index contributed by atoms with van der Waals surface area (Å²) in [7, 11) is 0. The van der Waals surface area contributed by atoms with E-state index in [1.54, 1.807) is 6.92 Å². The first-order chi connectivity index (χ1) is 17.1. The number of carbonyl (C=O) groups is 5. The number of aliphatic hydroxyl groups is 1. The molecule has 198 valence electrons. The fourth-order valence-electron chi connectivity index (χ4n) is 6.56. The van der Waals surface area contributed by atoms with Gasteiger partial charge in [0.25, 0.3) is 17.7 Å². The highest BCUT2D eigenvalue weighted by Crippen LogP contribution is 2.61. The van der Waals surface area contributed by atoms with Crippen molar-refractivity contribution < 1.29 is 29.1 Å². The molecule has 2 aliphatic carbocycles. The van der Waals surface area contributed by atoms with Gasteiger partial charge >= 0.3 is 12.1 Å². The topological polar surface area (TPSA) is 171 Å². The van der Waals surface area contributed by atoms with E-state index < -0.39 is 35.2 Å². The minimum atomic E-state index is -0.924. The molecule has 2 saturated carbocycles. The molecule has 7 amide bonds. The van der Waals surface area contributed by atoms with Gasteiger partial charge in [-0.1, -0.05) is 13.3 Å². The molecule has 0 aromatic rings. The van der Waals surface area contributed by atoms with Crippen molar-refractivity contribution in [1.29, 1.82) is 0 Å². The molecule has 2 saturated heterocycles. The number of unbranched alkanes of at least 4 members (excludes halogenated alkanes) is 1. The van der Waals surface area contributed by atoms with Gasteiger partial charge in [-0.15, -0.1) is 0 Å². The monoisotopic (exact) mass is 504 g/mol. The van der Waals surface area contributed by atoms with Crippen LogP contribution in [0.15, 0.2) is 11.4 Å². The molecule has 4 aliphatic rings. The number of hydrogen-bond donors (Lipinski definition) is 3. The van der Waals surface area contributed by atoms with Crippen molar-refractivity contribution in [2.24, 2.45) is 16.9 Å². The van der Waals surface area contributed by atoms with E-state index in [1.165, 1.54) is 9.80 Å². The first-order valence-corrected chi connectivity index (χ1v) is 12.8. The summed E-state index contributed by atoms with van der Waals surface area (Å²) in [5.41, 5.74) is 9.86. The lowest BCUT2D eigenvalue weighted by molar-refractivity contribution is -0.151. The average molecular weight is 505 g/mol. The number of urea groups is 2. The van der Waals surface area contributed by atoms with Crippen LogP contribution in [0.25, 0.3) is 0 Å². The van der Waals surface area contributed by atoms with Gasteiger partial charge in [0.2, 0.25) is 0 Å². The molecular formula is C24H36N6O6. The second-order valence-corrected chi connectivity index (χ2v) is 10.4. The highest BCUT2D eigenvalue weighted by molar-refractivity contribution is 6.29. The summed E-state index contributed by atoms with van der Waals surface area (Å²) in [5, 5.41) is 9.48. The highest BCUT2D eigenvalue weighted by Gasteiger charge is 2.68. The van der Waals surface area contributed by atoms with E-state index in [0.29, 0.717) is 44.9 Å². The summed E-state index contributed by atoms with van der Waals surface area (Å²) in [6.07, 6.45) is 4.71. The van der Waals surface area contributed by atoms with Crippen LogP contribution in [0.1, 0.15) is 65.2 Å². The Morgan fingerprint density at radius 3 is 2.11 bits per heavy atom. The molecule has 2 aliphatic heterocycles. The Balaban J connectivity index is 1.50. The van der Waals surface area contributed by atoms with E-state index in [1.807, 2.05) is 6.92 Å². The zero-order valence-electron chi connectivity index (χ0n) is 21.0. The van der Waals surface area contributed by atoms with Gasteiger partial charge in [0, 0.05) is 25.7 Å². The molecule has 0 radical (unpaired) electrons. The van der Waals surface area contributed by atoms with Crippen molar-refractivity contribution in [1.82, 2.24) is 19.6 Å². The molecule has 4 fully saturated rings. The maximum absolute atomic E-state index is 13.2. The number of likely N-dealkylation sites (N-methyl/N-ethyl adjacent to an activating group) is 1. The van der Waals surface area contributed by atoms with E-state index in [4.69, 9.17) is 11.5 Å². The van der Waals surface area contributed by atoms with Gasteiger partial charge in [-0.25, -0.2) is 9.59 Å². The van der Waals surface area contributed by atoms with Gasteiger partial charge in [-0.3, -0.25) is 29.1 Å². The highest BCUT2D eigenvalue weighted by atomic mass is 16.3. The Bertz CT molecular complexity index is 1000. The smallest absolute Gasteiger partial charge is 0.334 e. The minimum Gasteiger partial charge on any atom is -0.395 e. The van der Waals surface area contributed by atoms with E-state index in [-0.39, 0.29) is 49.2 Å². The zero-order valence-corrected chi connectivity index (χ0v) is 21.0. The molecule has 5 N–H and O–H groups in total. The standard InChI is InChI=1S/C24H36N6O6/c1-3-5-10-28-18(32)16(17(25)26)19(33)30(22(28)36)15-6-8-23(9-7-15)13-24(14-23)20(34)27(4-2)21(35)29(24)11-12-31/h15,31H,3-14,25-26H2,1-2H3. The van der Waals surface area contributed by atoms with Gasteiger partial charge in [-0.05, 0) is 57.3 Å². The third-order valence-electron chi connectivity index (χ3n) is 8.33. The van der Waals surface area contributed by atoms with Crippen LogP contribution in [0.3, 0.4) is 0 Å². The molecule has 36 heavy (non-hydrogen) atoms. The second-order valence-electron chi connectivity index (χ2n) is 10.4. The number of hydrogen-bond acceptors (Lipinski definition) is 8. The Hall–Kier alpha value is -3.15. The number of nitrogens with two attached hydrogens (primary N) is 2. The zero-order chi connectivity index (χ0) is 26.4. The molecule has 2 spiro atoms. The minimum absolute atomic E-state index is 0.105. The van der Waals surface area contributed by atoms with Gasteiger partial charge < -0.3 is 21.5 Å². The summed E-state index contributed by atoms with van der Waals surface area (Å²) in [4.78, 5) is 69.9. The van der Waals surface area contributed by atoms with Crippen LogP contribution in [0, 0.1) is 5.41 Å². The molecule has 4 rings (SSSR count). The van der Waals surface area contributed by atoms with Crippen molar-refractivity contribution in [3.05, 3.63) is 11.4 Å². The summed E-state index contributed by atoms with van der Waals surface area (Å²) in [6, 6.07) is -1.42. The number of rotatable bonds is 7. The van der Waals surface area contributed by atoms with Gasteiger partial charge in [0.1, 0.15) is 16.9 Å². The fraction of sp³-hybridized carbons (Fsp3) is 0.708. The van der Waals surface area contributed by atoms with Gasteiger partial charge in [0.15, 0.2) is 0 Å². The number of barbiturate groups is 1. The Kier molecular flexibility index (Phi) is 6.76. The summed E-state index contributed by atoms with van der Waals surface area (Å²) < 4.78 is 0. The largest absolute Gasteiger partial charge is 0.395 e. The first kappa shape index (κ1) is 25.9. The Morgan fingerprint density at radius 1 is 0.944 bits per heavy atom. The van der Waals surface area contributed by atoms with Crippen molar-refractivity contribution >= 4 is 29.8 Å². The van der Waals surface area contributed by atoms with Crippen molar-refractivity contribution in [2.45, 2.75) is 76.8 Å². The molecule has 12 nitrogen and oxygen atoms in total. The van der Waals surface area contributed by atoms with Crippen LogP contribution in [0.5, 0.6) is 0 Å². The summed E-state index contributed by atoms with van der Waals surface area (Å²) >= 11 is 0. The third kappa shape index (κ3) is 3.73. The van der Waals surface area contributed by atoms with Crippen molar-refractivity contribution in [3.63, 3.8) is 0 Å². The molecule has 0 atom stereocenters. The quantitative estimate of drug-likeness (QED) is 0.255. The molecule has 2 heterocycles. The molecule has 0 aromatic heterocycles. The van der Waals surface area contributed by atoms with Crippen LogP contribution in [-0.2, 0) is 14.4 Å². The van der Waals surface area contributed by atoms with Crippen molar-refractivity contribution in [2.75, 3.05) is 26.2 Å². The van der Waals surface area contributed by atoms with E-state index in [0.717, 1.165) is 16.2 Å². The van der Waals surface area contributed by atoms with E-state index in [9.17, 15) is 29.1 Å². The average Bonchev–Trinajstić information content (AvgIpc) is 3.01. The predicted molar refractivity (Wildman–Crippen MR) is 127 cm³/mol.